The summed E-state index contributed by atoms with van der Waals surface area (Å²) < 4.78 is 2.15. The number of aromatic nitrogens is 2. The summed E-state index contributed by atoms with van der Waals surface area (Å²) in [5, 5.41) is 4.80. The van der Waals surface area contributed by atoms with Gasteiger partial charge in [-0.15, -0.1) is 11.6 Å². The van der Waals surface area contributed by atoms with Crippen LogP contribution in [0.1, 0.15) is 70.5 Å². The predicted octanol–water partition coefficient (Wildman–Crippen LogP) is 4.98. The molecule has 1 fully saturated rings. The molecule has 0 aliphatic heterocycles. The first-order chi connectivity index (χ1) is 9.23. The Morgan fingerprint density at radius 2 is 1.95 bits per heavy atom. The van der Waals surface area contributed by atoms with Crippen molar-refractivity contribution in [1.29, 1.82) is 0 Å². The second kappa shape index (κ2) is 6.78. The second-order valence-electron chi connectivity index (χ2n) is 6.13. The average molecular weight is 283 g/mol. The lowest BCUT2D eigenvalue weighted by molar-refractivity contribution is 0.216. The van der Waals surface area contributed by atoms with Crippen molar-refractivity contribution in [3.05, 3.63) is 18.0 Å². The summed E-state index contributed by atoms with van der Waals surface area (Å²) >= 11 is 6.28. The Balaban J connectivity index is 2.05. The van der Waals surface area contributed by atoms with Gasteiger partial charge in [-0.05, 0) is 43.6 Å². The molecule has 19 heavy (non-hydrogen) atoms. The molecule has 3 heteroatoms. The van der Waals surface area contributed by atoms with Crippen molar-refractivity contribution in [2.45, 2.75) is 71.3 Å². The minimum Gasteiger partial charge on any atom is -0.269 e. The number of halogens is 1. The van der Waals surface area contributed by atoms with Crippen LogP contribution in [-0.2, 0) is 6.42 Å². The molecule has 1 aromatic heterocycles. The van der Waals surface area contributed by atoms with E-state index >= 15 is 0 Å². The highest BCUT2D eigenvalue weighted by Gasteiger charge is 2.32. The predicted molar refractivity (Wildman–Crippen MR) is 81.8 cm³/mol. The average Bonchev–Trinajstić information content (AvgIpc) is 2.89. The van der Waals surface area contributed by atoms with E-state index in [2.05, 4.69) is 30.8 Å². The van der Waals surface area contributed by atoms with Gasteiger partial charge in [-0.1, -0.05) is 33.1 Å². The summed E-state index contributed by atoms with van der Waals surface area (Å²) in [6.07, 6.45) is 12.1. The van der Waals surface area contributed by atoms with Crippen molar-refractivity contribution >= 4 is 11.6 Å². The molecule has 0 unspecified atom stereocenters. The SMILES string of the molecule is CCC(CC)n1ccc(CC2(CCl)CCCCC2)n1. The summed E-state index contributed by atoms with van der Waals surface area (Å²) in [5.41, 5.74) is 1.54. The molecule has 108 valence electrons. The molecular weight excluding hydrogens is 256 g/mol. The molecule has 0 bridgehead atoms. The van der Waals surface area contributed by atoms with Gasteiger partial charge in [-0.2, -0.15) is 5.10 Å². The molecule has 0 N–H and O–H groups in total. The van der Waals surface area contributed by atoms with E-state index < -0.39 is 0 Å². The quantitative estimate of drug-likeness (QED) is 0.673. The van der Waals surface area contributed by atoms with E-state index in [1.807, 2.05) is 0 Å². The molecular formula is C16H27ClN2. The van der Waals surface area contributed by atoms with Gasteiger partial charge >= 0.3 is 0 Å². The minimum absolute atomic E-state index is 0.312. The van der Waals surface area contributed by atoms with Crippen LogP contribution in [0.5, 0.6) is 0 Å². The van der Waals surface area contributed by atoms with Crippen molar-refractivity contribution in [2.24, 2.45) is 5.41 Å². The fourth-order valence-electron chi connectivity index (χ4n) is 3.38. The third kappa shape index (κ3) is 3.53. The molecule has 1 heterocycles. The largest absolute Gasteiger partial charge is 0.269 e. The number of nitrogens with zero attached hydrogens (tertiary/aromatic N) is 2. The first-order valence-corrected chi connectivity index (χ1v) is 8.36. The molecule has 1 aliphatic rings. The smallest absolute Gasteiger partial charge is 0.0630 e. The Morgan fingerprint density at radius 3 is 2.53 bits per heavy atom. The molecule has 0 amide bonds. The van der Waals surface area contributed by atoms with Crippen molar-refractivity contribution in [2.75, 3.05) is 5.88 Å². The normalized spacial score (nSPS) is 18.9. The lowest BCUT2D eigenvalue weighted by Crippen LogP contribution is -2.29. The topological polar surface area (TPSA) is 17.8 Å². The van der Waals surface area contributed by atoms with Crippen LogP contribution >= 0.6 is 11.6 Å². The number of hydrogen-bond acceptors (Lipinski definition) is 1. The van der Waals surface area contributed by atoms with Crippen LogP contribution in [0.3, 0.4) is 0 Å². The van der Waals surface area contributed by atoms with Crippen molar-refractivity contribution in [3.8, 4) is 0 Å². The summed E-state index contributed by atoms with van der Waals surface area (Å²) in [6.45, 7) is 4.47. The highest BCUT2D eigenvalue weighted by molar-refractivity contribution is 6.18. The highest BCUT2D eigenvalue weighted by atomic mass is 35.5. The fraction of sp³-hybridized carbons (Fsp3) is 0.812. The van der Waals surface area contributed by atoms with Gasteiger partial charge in [0.05, 0.1) is 11.7 Å². The zero-order chi connectivity index (χ0) is 13.7. The van der Waals surface area contributed by atoms with Crippen LogP contribution in [-0.4, -0.2) is 15.7 Å². The van der Waals surface area contributed by atoms with E-state index in [9.17, 15) is 0 Å². The van der Waals surface area contributed by atoms with Gasteiger partial charge in [0.1, 0.15) is 0 Å². The van der Waals surface area contributed by atoms with Crippen molar-refractivity contribution in [1.82, 2.24) is 9.78 Å². The monoisotopic (exact) mass is 282 g/mol. The lowest BCUT2D eigenvalue weighted by atomic mass is 9.72. The second-order valence-corrected chi connectivity index (χ2v) is 6.40. The minimum atomic E-state index is 0.312. The molecule has 1 aliphatic carbocycles. The van der Waals surface area contributed by atoms with Crippen LogP contribution in [0.2, 0.25) is 0 Å². The van der Waals surface area contributed by atoms with Crippen LogP contribution in [0, 0.1) is 5.41 Å². The van der Waals surface area contributed by atoms with Gasteiger partial charge in [0, 0.05) is 12.1 Å². The molecule has 0 atom stereocenters. The Morgan fingerprint density at radius 1 is 1.26 bits per heavy atom. The maximum Gasteiger partial charge on any atom is 0.0630 e. The third-order valence-corrected chi connectivity index (χ3v) is 5.30. The van der Waals surface area contributed by atoms with Crippen LogP contribution < -0.4 is 0 Å². The molecule has 0 spiro atoms. The van der Waals surface area contributed by atoms with E-state index in [1.165, 1.54) is 37.8 Å². The zero-order valence-corrected chi connectivity index (χ0v) is 13.1. The maximum atomic E-state index is 6.28. The molecule has 2 rings (SSSR count). The number of rotatable bonds is 6. The molecule has 1 saturated carbocycles. The van der Waals surface area contributed by atoms with E-state index in [4.69, 9.17) is 16.7 Å². The van der Waals surface area contributed by atoms with Gasteiger partial charge in [-0.3, -0.25) is 4.68 Å². The van der Waals surface area contributed by atoms with Gasteiger partial charge in [0.15, 0.2) is 0 Å². The van der Waals surface area contributed by atoms with Gasteiger partial charge in [0.25, 0.3) is 0 Å². The van der Waals surface area contributed by atoms with Crippen LogP contribution in [0.25, 0.3) is 0 Å². The third-order valence-electron chi connectivity index (χ3n) is 4.73. The van der Waals surface area contributed by atoms with Gasteiger partial charge in [-0.25, -0.2) is 0 Å². The van der Waals surface area contributed by atoms with Gasteiger partial charge in [0.2, 0.25) is 0 Å². The van der Waals surface area contributed by atoms with E-state index in [1.54, 1.807) is 0 Å². The number of alkyl halides is 1. The molecule has 1 aromatic rings. The Labute approximate surface area is 122 Å². The van der Waals surface area contributed by atoms with E-state index in [0.717, 1.165) is 25.1 Å². The fourth-order valence-corrected chi connectivity index (χ4v) is 3.74. The summed E-state index contributed by atoms with van der Waals surface area (Å²) in [4.78, 5) is 0. The van der Waals surface area contributed by atoms with E-state index in [0.29, 0.717) is 11.5 Å². The Hall–Kier alpha value is -0.500. The van der Waals surface area contributed by atoms with E-state index in [-0.39, 0.29) is 0 Å². The molecule has 0 aromatic carbocycles. The molecule has 0 radical (unpaired) electrons. The van der Waals surface area contributed by atoms with Crippen molar-refractivity contribution in [3.63, 3.8) is 0 Å². The van der Waals surface area contributed by atoms with Crippen LogP contribution in [0.15, 0.2) is 12.3 Å². The summed E-state index contributed by atoms with van der Waals surface area (Å²) in [6, 6.07) is 2.74. The Kier molecular flexibility index (Phi) is 5.32. The molecule has 2 nitrogen and oxygen atoms in total. The standard InChI is InChI=1S/C16H27ClN2/c1-3-15(4-2)19-11-8-14(18-19)12-16(13-17)9-6-5-7-10-16/h8,11,15H,3-7,9-10,12-13H2,1-2H3. The maximum absolute atomic E-state index is 6.28. The zero-order valence-electron chi connectivity index (χ0n) is 12.4. The van der Waals surface area contributed by atoms with Crippen LogP contribution in [0.4, 0.5) is 0 Å². The highest BCUT2D eigenvalue weighted by Crippen LogP contribution is 2.40. The first kappa shape index (κ1) is 14.9. The Bertz CT molecular complexity index is 376. The molecule has 0 saturated heterocycles. The van der Waals surface area contributed by atoms with Crippen molar-refractivity contribution < 1.29 is 0 Å². The summed E-state index contributed by atoms with van der Waals surface area (Å²) in [7, 11) is 0. The summed E-state index contributed by atoms with van der Waals surface area (Å²) in [5.74, 6) is 0.783. The number of hydrogen-bond donors (Lipinski definition) is 0. The first-order valence-electron chi connectivity index (χ1n) is 7.83. The van der Waals surface area contributed by atoms with Gasteiger partial charge < -0.3 is 0 Å². The lowest BCUT2D eigenvalue weighted by Gasteiger charge is -2.35.